The van der Waals surface area contributed by atoms with Crippen molar-refractivity contribution in [3.05, 3.63) is 0 Å². The zero-order valence-electron chi connectivity index (χ0n) is 17.4. The molecule has 0 aliphatic carbocycles. The Labute approximate surface area is 160 Å². The van der Waals surface area contributed by atoms with Gasteiger partial charge in [0.15, 0.2) is 0 Å². The van der Waals surface area contributed by atoms with Gasteiger partial charge in [0.1, 0.15) is 11.9 Å². The third-order valence-corrected chi connectivity index (χ3v) is 5.50. The van der Waals surface area contributed by atoms with Crippen molar-refractivity contribution >= 4 is 11.8 Å². The predicted molar refractivity (Wildman–Crippen MR) is 107 cm³/mol. The molecule has 1 aliphatic rings. The Kier molecular flexibility index (Phi) is 12.6. The van der Waals surface area contributed by atoms with Crippen molar-refractivity contribution in [3.8, 4) is 0 Å². The number of hydrogen-bond acceptors (Lipinski definition) is 4. The molecule has 0 saturated carbocycles. The van der Waals surface area contributed by atoms with E-state index in [1.165, 1.54) is 71.1 Å². The first-order valence-electron chi connectivity index (χ1n) is 10.9. The number of Topliss-reactive ketones (excluding diaryl/α,β-unsaturated/α-hetero) is 1. The number of ether oxygens (including phenoxy) is 1. The molecule has 4 heteroatoms. The molecule has 3 atom stereocenters. The lowest BCUT2D eigenvalue weighted by molar-refractivity contribution is -0.149. The zero-order valence-corrected chi connectivity index (χ0v) is 17.4. The highest BCUT2D eigenvalue weighted by atomic mass is 16.5. The van der Waals surface area contributed by atoms with Crippen LogP contribution in [0.15, 0.2) is 0 Å². The fraction of sp³-hybridized carbons (Fsp3) is 0.909. The number of hydrogen-bond donors (Lipinski definition) is 1. The minimum atomic E-state index is -0.168. The number of ketones is 1. The van der Waals surface area contributed by atoms with E-state index < -0.39 is 0 Å². The van der Waals surface area contributed by atoms with Gasteiger partial charge in [-0.05, 0) is 39.5 Å². The molecule has 152 valence electrons. The minimum absolute atomic E-state index is 0.0474. The third-order valence-electron chi connectivity index (χ3n) is 5.50. The monoisotopic (exact) mass is 367 g/mol. The second-order valence-corrected chi connectivity index (χ2v) is 8.15. The van der Waals surface area contributed by atoms with Crippen LogP contribution in [0.1, 0.15) is 111 Å². The van der Waals surface area contributed by atoms with Crippen LogP contribution < -0.4 is 5.32 Å². The molecule has 1 aliphatic heterocycles. The molecule has 0 amide bonds. The summed E-state index contributed by atoms with van der Waals surface area (Å²) >= 11 is 0. The van der Waals surface area contributed by atoms with E-state index in [0.717, 1.165) is 25.7 Å². The van der Waals surface area contributed by atoms with E-state index in [-0.39, 0.29) is 18.1 Å². The van der Waals surface area contributed by atoms with Gasteiger partial charge in [0.05, 0.1) is 0 Å². The summed E-state index contributed by atoms with van der Waals surface area (Å²) in [6, 6.07) is 0.861. The third kappa shape index (κ3) is 11.7. The van der Waals surface area contributed by atoms with E-state index in [0.29, 0.717) is 11.8 Å². The first-order valence-corrected chi connectivity index (χ1v) is 10.9. The highest BCUT2D eigenvalue weighted by molar-refractivity contribution is 5.75. The summed E-state index contributed by atoms with van der Waals surface area (Å²) in [4.78, 5) is 21.9. The van der Waals surface area contributed by atoms with Crippen LogP contribution >= 0.6 is 0 Å². The molecule has 0 aromatic carbocycles. The summed E-state index contributed by atoms with van der Waals surface area (Å²) in [7, 11) is 0. The molecule has 1 N–H and O–H groups in total. The van der Waals surface area contributed by atoms with Crippen LogP contribution in [0.4, 0.5) is 0 Å². The zero-order chi connectivity index (χ0) is 19.2. The summed E-state index contributed by atoms with van der Waals surface area (Å²) < 4.78 is 5.36. The Morgan fingerprint density at radius 3 is 1.88 bits per heavy atom. The average Bonchev–Trinajstić information content (AvgIpc) is 2.57. The van der Waals surface area contributed by atoms with E-state index in [4.69, 9.17) is 4.74 Å². The molecule has 0 spiro atoms. The summed E-state index contributed by atoms with van der Waals surface area (Å²) in [5, 5.41) is 3.62. The number of nitrogens with one attached hydrogen (secondary N) is 1. The molecule has 0 aromatic heterocycles. The molecule has 0 radical (unpaired) electrons. The van der Waals surface area contributed by atoms with Crippen molar-refractivity contribution in [2.45, 2.75) is 129 Å². The lowest BCUT2D eigenvalue weighted by Gasteiger charge is -2.35. The Bertz CT molecular complexity index is 397. The summed E-state index contributed by atoms with van der Waals surface area (Å²) in [6.07, 6.45) is 17.1. The van der Waals surface area contributed by atoms with Gasteiger partial charge in [-0.1, -0.05) is 57.8 Å². The van der Waals surface area contributed by atoms with Gasteiger partial charge in [0, 0.05) is 25.4 Å². The summed E-state index contributed by atoms with van der Waals surface area (Å²) in [5.74, 6) is 0.158. The van der Waals surface area contributed by atoms with E-state index in [9.17, 15) is 9.59 Å². The van der Waals surface area contributed by atoms with Gasteiger partial charge in [-0.25, -0.2) is 0 Å². The lowest BCUT2D eigenvalue weighted by atomic mass is 9.93. The Morgan fingerprint density at radius 2 is 1.38 bits per heavy atom. The van der Waals surface area contributed by atoms with Crippen molar-refractivity contribution < 1.29 is 14.3 Å². The van der Waals surface area contributed by atoms with Crippen molar-refractivity contribution in [1.29, 1.82) is 0 Å². The van der Waals surface area contributed by atoms with Gasteiger partial charge in [0.25, 0.3) is 0 Å². The fourth-order valence-electron chi connectivity index (χ4n) is 3.96. The van der Waals surface area contributed by atoms with E-state index in [1.807, 2.05) is 0 Å². The van der Waals surface area contributed by atoms with Gasteiger partial charge in [-0.2, -0.15) is 0 Å². The maximum atomic E-state index is 11.1. The van der Waals surface area contributed by atoms with Crippen LogP contribution in [0.2, 0.25) is 0 Å². The first-order chi connectivity index (χ1) is 12.5. The molecule has 1 heterocycles. The smallest absolute Gasteiger partial charge is 0.302 e. The number of unbranched alkanes of at least 4 members (excludes halogenated alkanes) is 9. The van der Waals surface area contributed by atoms with Crippen molar-refractivity contribution in [3.63, 3.8) is 0 Å². The van der Waals surface area contributed by atoms with Crippen LogP contribution in [-0.4, -0.2) is 29.9 Å². The topological polar surface area (TPSA) is 55.4 Å². The van der Waals surface area contributed by atoms with Crippen LogP contribution in [0.3, 0.4) is 0 Å². The van der Waals surface area contributed by atoms with E-state index in [1.54, 1.807) is 6.92 Å². The number of carbonyl (C=O) groups is 2. The van der Waals surface area contributed by atoms with Crippen LogP contribution in [0.25, 0.3) is 0 Å². The summed E-state index contributed by atoms with van der Waals surface area (Å²) in [6.45, 7) is 5.30. The normalized spacial score (nSPS) is 23.0. The Morgan fingerprint density at radius 1 is 0.846 bits per heavy atom. The molecule has 1 rings (SSSR count). The van der Waals surface area contributed by atoms with Crippen LogP contribution in [0.5, 0.6) is 0 Å². The number of piperidine rings is 1. The molecule has 1 fully saturated rings. The minimum Gasteiger partial charge on any atom is -0.461 e. The molecule has 4 nitrogen and oxygen atoms in total. The Hall–Kier alpha value is -0.900. The van der Waals surface area contributed by atoms with E-state index >= 15 is 0 Å². The molecule has 1 saturated heterocycles. The van der Waals surface area contributed by atoms with Gasteiger partial charge >= 0.3 is 5.97 Å². The quantitative estimate of drug-likeness (QED) is 0.333. The van der Waals surface area contributed by atoms with Gasteiger partial charge in [0.2, 0.25) is 0 Å². The lowest BCUT2D eigenvalue weighted by Crippen LogP contribution is -2.50. The second kappa shape index (κ2) is 14.2. The fourth-order valence-corrected chi connectivity index (χ4v) is 3.96. The molecular formula is C22H41NO3. The van der Waals surface area contributed by atoms with Crippen LogP contribution in [0, 0.1) is 0 Å². The van der Waals surface area contributed by atoms with Gasteiger partial charge < -0.3 is 14.8 Å². The van der Waals surface area contributed by atoms with Crippen LogP contribution in [-0.2, 0) is 14.3 Å². The maximum absolute atomic E-state index is 11.1. The van der Waals surface area contributed by atoms with Crippen molar-refractivity contribution in [2.75, 3.05) is 0 Å². The average molecular weight is 368 g/mol. The SMILES string of the molecule is CC(=O)CCCCCCCCCCCC[C@@H]1CC[C@@H](OC(C)=O)[C@@H](C)N1. The highest BCUT2D eigenvalue weighted by Gasteiger charge is 2.28. The maximum Gasteiger partial charge on any atom is 0.302 e. The first kappa shape index (κ1) is 23.1. The standard InChI is InChI=1S/C22H41NO3/c1-18(24)14-12-10-8-6-4-5-7-9-11-13-15-21-16-17-22(19(2)23-21)26-20(3)25/h19,21-23H,4-17H2,1-3H3/t19-,21-,22-/m1/s1. The van der Waals surface area contributed by atoms with Crippen molar-refractivity contribution in [2.24, 2.45) is 0 Å². The molecule has 0 aromatic rings. The summed E-state index contributed by atoms with van der Waals surface area (Å²) in [5.41, 5.74) is 0. The highest BCUT2D eigenvalue weighted by Crippen LogP contribution is 2.21. The molecular weight excluding hydrogens is 326 g/mol. The number of rotatable bonds is 14. The van der Waals surface area contributed by atoms with Crippen molar-refractivity contribution in [1.82, 2.24) is 5.32 Å². The number of carbonyl (C=O) groups excluding carboxylic acids is 2. The predicted octanol–water partition coefficient (Wildman–Crippen LogP) is 5.33. The Balaban J connectivity index is 1.88. The van der Waals surface area contributed by atoms with E-state index in [2.05, 4.69) is 12.2 Å². The molecule has 0 bridgehead atoms. The second-order valence-electron chi connectivity index (χ2n) is 8.15. The van der Waals surface area contributed by atoms with Gasteiger partial charge in [-0.3, -0.25) is 4.79 Å². The van der Waals surface area contributed by atoms with Gasteiger partial charge in [-0.15, -0.1) is 0 Å². The number of esters is 1. The molecule has 0 unspecified atom stereocenters. The molecule has 26 heavy (non-hydrogen) atoms. The largest absolute Gasteiger partial charge is 0.461 e.